The Labute approximate surface area is 231 Å². The van der Waals surface area contributed by atoms with Crippen LogP contribution in [0, 0.1) is 20.2 Å². The summed E-state index contributed by atoms with van der Waals surface area (Å²) in [6.45, 7) is -0.0607. The molecule has 0 saturated carbocycles. The van der Waals surface area contributed by atoms with Crippen LogP contribution in [0.1, 0.15) is 11.1 Å². The van der Waals surface area contributed by atoms with E-state index >= 15 is 0 Å². The second-order valence-corrected chi connectivity index (χ2v) is 10.2. The zero-order chi connectivity index (χ0) is 26.9. The van der Waals surface area contributed by atoms with Crippen LogP contribution in [0.5, 0.6) is 11.5 Å². The summed E-state index contributed by atoms with van der Waals surface area (Å²) in [6.07, 6.45) is 1.42. The molecule has 0 N–H and O–H groups in total. The van der Waals surface area contributed by atoms with E-state index in [0.29, 0.717) is 37.4 Å². The summed E-state index contributed by atoms with van der Waals surface area (Å²) in [6, 6.07) is 12.4. The predicted molar refractivity (Wildman–Crippen MR) is 142 cm³/mol. The van der Waals surface area contributed by atoms with Crippen molar-refractivity contribution in [1.82, 2.24) is 4.90 Å². The van der Waals surface area contributed by atoms with E-state index in [1.807, 2.05) is 0 Å². The second kappa shape index (κ2) is 10.9. The lowest BCUT2D eigenvalue weighted by atomic mass is 10.1. The Balaban J connectivity index is 1.66. The fourth-order valence-corrected chi connectivity index (χ4v) is 4.97. The number of halogens is 3. The van der Waals surface area contributed by atoms with Gasteiger partial charge >= 0.3 is 5.69 Å². The first-order chi connectivity index (χ1) is 17.5. The van der Waals surface area contributed by atoms with Gasteiger partial charge in [-0.05, 0) is 59.8 Å². The smallest absolute Gasteiger partial charge is 0.318 e. The SMILES string of the molecule is O=C1S/C(=C\c2cc(Br)ccc2Oc2ccc([N+](=O)[O-])cc2[N+](=O)[O-])C(=O)N1Cc1ccc(Cl)cc1Cl. The van der Waals surface area contributed by atoms with Crippen LogP contribution in [0.4, 0.5) is 16.2 Å². The zero-order valence-electron chi connectivity index (χ0n) is 18.2. The van der Waals surface area contributed by atoms with E-state index in [1.54, 1.807) is 24.3 Å². The van der Waals surface area contributed by atoms with Crippen LogP contribution in [-0.4, -0.2) is 25.9 Å². The fraction of sp³-hybridized carbons (Fsp3) is 0.0435. The molecule has 1 aliphatic rings. The number of carbonyl (C=O) groups is 2. The van der Waals surface area contributed by atoms with Gasteiger partial charge in [-0.1, -0.05) is 45.2 Å². The van der Waals surface area contributed by atoms with Crippen molar-refractivity contribution in [2.75, 3.05) is 0 Å². The molecular weight excluding hydrogens is 613 g/mol. The Morgan fingerprint density at radius 3 is 2.38 bits per heavy atom. The van der Waals surface area contributed by atoms with Gasteiger partial charge in [0.15, 0.2) is 0 Å². The standard InChI is InChI=1S/C23H12BrCl2N3O7S/c24-14-2-5-19(36-20-6-4-16(28(32)33)10-18(20)29(34)35)13(7-14)8-21-22(30)27(23(31)37-21)11-12-1-3-15(25)9-17(12)26/h1-10H,11H2/b21-8-. The minimum Gasteiger partial charge on any atom is -0.449 e. The zero-order valence-corrected chi connectivity index (χ0v) is 22.1. The van der Waals surface area contributed by atoms with Crippen LogP contribution in [0.25, 0.3) is 6.08 Å². The Morgan fingerprint density at radius 2 is 1.70 bits per heavy atom. The maximum Gasteiger partial charge on any atom is 0.318 e. The van der Waals surface area contributed by atoms with Crippen LogP contribution in [0.15, 0.2) is 64.0 Å². The number of benzene rings is 3. The average molecular weight is 625 g/mol. The Hall–Kier alpha value is -3.45. The summed E-state index contributed by atoms with van der Waals surface area (Å²) in [5.41, 5.74) is -0.212. The molecule has 4 rings (SSSR count). The number of ether oxygens (including phenoxy) is 1. The molecule has 0 unspecified atom stereocenters. The second-order valence-electron chi connectivity index (χ2n) is 7.45. The van der Waals surface area contributed by atoms with Crippen molar-refractivity contribution >= 4 is 79.5 Å². The molecule has 188 valence electrons. The largest absolute Gasteiger partial charge is 0.449 e. The van der Waals surface area contributed by atoms with Crippen molar-refractivity contribution < 1.29 is 24.2 Å². The topological polar surface area (TPSA) is 133 Å². The highest BCUT2D eigenvalue weighted by atomic mass is 79.9. The number of nitro groups is 2. The molecule has 1 aliphatic heterocycles. The monoisotopic (exact) mass is 623 g/mol. The van der Waals surface area contributed by atoms with Gasteiger partial charge in [0.05, 0.1) is 27.4 Å². The molecule has 2 amide bonds. The van der Waals surface area contributed by atoms with Gasteiger partial charge in [0.25, 0.3) is 16.8 Å². The van der Waals surface area contributed by atoms with Gasteiger partial charge in [0, 0.05) is 26.1 Å². The third kappa shape index (κ3) is 5.93. The van der Waals surface area contributed by atoms with E-state index in [9.17, 15) is 29.8 Å². The molecule has 0 bridgehead atoms. The van der Waals surface area contributed by atoms with Crippen LogP contribution in [-0.2, 0) is 11.3 Å². The van der Waals surface area contributed by atoms with Crippen LogP contribution < -0.4 is 4.74 Å². The Morgan fingerprint density at radius 1 is 0.973 bits per heavy atom. The number of non-ortho nitro benzene ring substituents is 1. The molecule has 1 heterocycles. The van der Waals surface area contributed by atoms with Gasteiger partial charge in [0.2, 0.25) is 5.75 Å². The molecule has 0 atom stereocenters. The van der Waals surface area contributed by atoms with E-state index in [2.05, 4.69) is 15.9 Å². The summed E-state index contributed by atoms with van der Waals surface area (Å²) in [7, 11) is 0. The maximum atomic E-state index is 13.0. The minimum absolute atomic E-state index is 0.0607. The third-order valence-electron chi connectivity index (χ3n) is 5.05. The number of carbonyl (C=O) groups excluding carboxylic acids is 2. The number of nitro benzene ring substituents is 2. The molecule has 3 aromatic rings. The van der Waals surface area contributed by atoms with E-state index in [4.69, 9.17) is 27.9 Å². The Kier molecular flexibility index (Phi) is 7.83. The number of hydrogen-bond donors (Lipinski definition) is 0. The number of hydrogen-bond acceptors (Lipinski definition) is 8. The predicted octanol–water partition coefficient (Wildman–Crippen LogP) is 7.60. The highest BCUT2D eigenvalue weighted by Gasteiger charge is 2.35. The van der Waals surface area contributed by atoms with Gasteiger partial charge in [0.1, 0.15) is 5.75 Å². The van der Waals surface area contributed by atoms with Gasteiger partial charge in [-0.2, -0.15) is 0 Å². The molecule has 3 aromatic carbocycles. The molecular formula is C23H12BrCl2N3O7S. The van der Waals surface area contributed by atoms with Gasteiger partial charge in [-0.15, -0.1) is 0 Å². The molecule has 37 heavy (non-hydrogen) atoms. The number of amides is 2. The quantitative estimate of drug-likeness (QED) is 0.149. The first kappa shape index (κ1) is 26.6. The van der Waals surface area contributed by atoms with Crippen molar-refractivity contribution in [2.24, 2.45) is 0 Å². The first-order valence-electron chi connectivity index (χ1n) is 10.1. The van der Waals surface area contributed by atoms with Crippen molar-refractivity contribution in [2.45, 2.75) is 6.54 Å². The molecule has 0 spiro atoms. The summed E-state index contributed by atoms with van der Waals surface area (Å²) >= 11 is 16.1. The minimum atomic E-state index is -0.798. The van der Waals surface area contributed by atoms with Gasteiger partial charge < -0.3 is 4.74 Å². The highest BCUT2D eigenvalue weighted by Crippen LogP contribution is 2.39. The number of rotatable bonds is 7. The van der Waals surface area contributed by atoms with Crippen molar-refractivity contribution in [1.29, 1.82) is 0 Å². The molecule has 10 nitrogen and oxygen atoms in total. The van der Waals surface area contributed by atoms with Crippen LogP contribution >= 0.6 is 50.9 Å². The molecule has 0 radical (unpaired) electrons. The lowest BCUT2D eigenvalue weighted by Gasteiger charge is -2.14. The molecule has 0 aromatic heterocycles. The van der Waals surface area contributed by atoms with Crippen LogP contribution in [0.2, 0.25) is 10.0 Å². The van der Waals surface area contributed by atoms with Crippen molar-refractivity contribution in [3.63, 3.8) is 0 Å². The first-order valence-corrected chi connectivity index (χ1v) is 12.5. The Bertz CT molecular complexity index is 1520. The van der Waals surface area contributed by atoms with Crippen LogP contribution in [0.3, 0.4) is 0 Å². The number of imide groups is 1. The van der Waals surface area contributed by atoms with Crippen molar-refractivity contribution in [3.8, 4) is 11.5 Å². The van der Waals surface area contributed by atoms with Crippen molar-refractivity contribution in [3.05, 3.63) is 105 Å². The van der Waals surface area contributed by atoms with Gasteiger partial charge in [-0.25, -0.2) is 0 Å². The van der Waals surface area contributed by atoms with E-state index < -0.39 is 32.4 Å². The fourth-order valence-electron chi connectivity index (χ4n) is 3.29. The lowest BCUT2D eigenvalue weighted by molar-refractivity contribution is -0.394. The normalized spacial score (nSPS) is 14.4. The van der Waals surface area contributed by atoms with E-state index in [0.717, 1.165) is 23.1 Å². The highest BCUT2D eigenvalue weighted by molar-refractivity contribution is 9.10. The number of thioether (sulfide) groups is 1. The summed E-state index contributed by atoms with van der Waals surface area (Å²) < 4.78 is 6.34. The third-order valence-corrected chi connectivity index (χ3v) is 7.03. The average Bonchev–Trinajstić information content (AvgIpc) is 3.09. The van der Waals surface area contributed by atoms with Gasteiger partial charge in [-0.3, -0.25) is 34.7 Å². The molecule has 1 saturated heterocycles. The summed E-state index contributed by atoms with van der Waals surface area (Å²) in [5.74, 6) is -0.681. The molecule has 14 heteroatoms. The summed E-state index contributed by atoms with van der Waals surface area (Å²) in [4.78, 5) is 47.7. The molecule has 1 fully saturated rings. The van der Waals surface area contributed by atoms with E-state index in [1.165, 1.54) is 18.2 Å². The maximum absolute atomic E-state index is 13.0. The van der Waals surface area contributed by atoms with E-state index in [-0.39, 0.29) is 22.9 Å². The lowest BCUT2D eigenvalue weighted by Crippen LogP contribution is -2.27. The molecule has 0 aliphatic carbocycles. The summed E-state index contributed by atoms with van der Waals surface area (Å²) in [5, 5.41) is 22.7. The number of nitrogens with zero attached hydrogens (tertiary/aromatic N) is 3.